The standard InChI is InChI=1S/C12H14N4.C4H8N2O2S/c13-9-3-1-7(5-11(9)15)8-2-4-10(14)12(16)6-8;1-8-4(7)6-3(5)9-2/h1-6H,13-16H2;1-2H3,(H2,5,6,7). The van der Waals surface area contributed by atoms with Gasteiger partial charge in [0, 0.05) is 0 Å². The van der Waals surface area contributed by atoms with Gasteiger partial charge in [-0.25, -0.2) is 4.79 Å². The van der Waals surface area contributed by atoms with Crippen LogP contribution in [0.1, 0.15) is 0 Å². The zero-order chi connectivity index (χ0) is 19.0. The van der Waals surface area contributed by atoms with E-state index in [0.717, 1.165) is 11.1 Å². The first-order valence-electron chi connectivity index (χ1n) is 7.05. The van der Waals surface area contributed by atoms with Crippen molar-refractivity contribution in [3.05, 3.63) is 36.4 Å². The van der Waals surface area contributed by atoms with Crippen LogP contribution >= 0.6 is 11.8 Å². The summed E-state index contributed by atoms with van der Waals surface area (Å²) in [6, 6.07) is 11.0. The molecule has 9 heteroatoms. The minimum absolute atomic E-state index is 0.210. The molecule has 0 aliphatic rings. The van der Waals surface area contributed by atoms with E-state index >= 15 is 0 Å². The lowest BCUT2D eigenvalue weighted by atomic mass is 10.0. The minimum atomic E-state index is -0.665. The van der Waals surface area contributed by atoms with Gasteiger partial charge >= 0.3 is 6.09 Å². The topological polar surface area (TPSA) is 169 Å². The number of benzene rings is 2. The first-order valence-corrected chi connectivity index (χ1v) is 8.27. The van der Waals surface area contributed by atoms with E-state index in [9.17, 15) is 4.79 Å². The molecule has 10 N–H and O–H groups in total. The summed E-state index contributed by atoms with van der Waals surface area (Å²) in [5.41, 5.74) is 32.2. The van der Waals surface area contributed by atoms with Crippen LogP contribution in [0.5, 0.6) is 0 Å². The van der Waals surface area contributed by atoms with Crippen LogP contribution in [-0.4, -0.2) is 24.6 Å². The number of rotatable bonds is 1. The fourth-order valence-corrected chi connectivity index (χ4v) is 1.86. The van der Waals surface area contributed by atoms with Crippen molar-refractivity contribution in [2.75, 3.05) is 36.3 Å². The van der Waals surface area contributed by atoms with Crippen LogP contribution in [0.2, 0.25) is 0 Å². The van der Waals surface area contributed by atoms with Gasteiger partial charge in [0.05, 0.1) is 29.9 Å². The van der Waals surface area contributed by atoms with E-state index in [1.54, 1.807) is 18.4 Å². The first kappa shape index (κ1) is 20.0. The molecular weight excluding hydrogens is 340 g/mol. The molecule has 0 saturated carbocycles. The largest absolute Gasteiger partial charge is 0.451 e. The van der Waals surface area contributed by atoms with Crippen molar-refractivity contribution in [2.24, 2.45) is 10.7 Å². The summed E-state index contributed by atoms with van der Waals surface area (Å²) in [4.78, 5) is 13.6. The Balaban J connectivity index is 0.000000299. The van der Waals surface area contributed by atoms with Crippen molar-refractivity contribution in [1.29, 1.82) is 0 Å². The van der Waals surface area contributed by atoms with Crippen LogP contribution in [-0.2, 0) is 4.74 Å². The van der Waals surface area contributed by atoms with Gasteiger partial charge in [-0.3, -0.25) is 0 Å². The van der Waals surface area contributed by atoms with E-state index in [0.29, 0.717) is 22.7 Å². The molecule has 0 radical (unpaired) electrons. The Morgan fingerprint density at radius 2 is 1.36 bits per heavy atom. The van der Waals surface area contributed by atoms with Gasteiger partial charge in [0.15, 0.2) is 5.17 Å². The number of amidine groups is 1. The summed E-state index contributed by atoms with van der Waals surface area (Å²) >= 11 is 1.20. The Kier molecular flexibility index (Phi) is 7.42. The summed E-state index contributed by atoms with van der Waals surface area (Å²) in [6.45, 7) is 0. The molecule has 0 unspecified atom stereocenters. The number of nitrogen functional groups attached to an aromatic ring is 4. The van der Waals surface area contributed by atoms with Gasteiger partial charge in [0.25, 0.3) is 0 Å². The van der Waals surface area contributed by atoms with Crippen molar-refractivity contribution < 1.29 is 9.53 Å². The first-order chi connectivity index (χ1) is 11.8. The minimum Gasteiger partial charge on any atom is -0.451 e. The second kappa shape index (κ2) is 9.28. The van der Waals surface area contributed by atoms with Crippen LogP contribution in [0.15, 0.2) is 41.4 Å². The maximum absolute atomic E-state index is 10.3. The second-order valence-corrected chi connectivity index (χ2v) is 5.64. The molecule has 0 heterocycles. The molecule has 2 rings (SSSR count). The van der Waals surface area contributed by atoms with Crippen molar-refractivity contribution >= 4 is 45.8 Å². The number of aliphatic imine (C=N–C) groups is 1. The fourth-order valence-electron chi connectivity index (χ4n) is 1.69. The molecular formula is C16H22N6O2S. The van der Waals surface area contributed by atoms with Crippen molar-refractivity contribution in [3.8, 4) is 11.1 Å². The van der Waals surface area contributed by atoms with E-state index in [-0.39, 0.29) is 5.17 Å². The Labute approximate surface area is 150 Å². The normalized spacial score (nSPS) is 10.6. The van der Waals surface area contributed by atoms with Gasteiger partial charge in [-0.05, 0) is 41.6 Å². The number of anilines is 4. The van der Waals surface area contributed by atoms with Crippen molar-refractivity contribution in [3.63, 3.8) is 0 Å². The summed E-state index contributed by atoms with van der Waals surface area (Å²) in [5, 5.41) is 0.210. The number of methoxy groups -OCH3 is 1. The third kappa shape index (κ3) is 6.15. The Morgan fingerprint density at radius 3 is 1.68 bits per heavy atom. The smallest absolute Gasteiger partial charge is 0.435 e. The van der Waals surface area contributed by atoms with Gasteiger partial charge in [0.2, 0.25) is 0 Å². The van der Waals surface area contributed by atoms with Gasteiger partial charge in [0.1, 0.15) is 0 Å². The third-order valence-electron chi connectivity index (χ3n) is 3.09. The van der Waals surface area contributed by atoms with E-state index in [1.165, 1.54) is 18.9 Å². The molecule has 0 fully saturated rings. The number of hydrogen-bond acceptors (Lipinski definition) is 7. The number of carbonyl (C=O) groups is 1. The highest BCUT2D eigenvalue weighted by Gasteiger charge is 2.02. The average molecular weight is 362 g/mol. The van der Waals surface area contributed by atoms with Crippen LogP contribution in [0, 0.1) is 0 Å². The van der Waals surface area contributed by atoms with Gasteiger partial charge < -0.3 is 33.4 Å². The highest BCUT2D eigenvalue weighted by atomic mass is 32.2. The molecule has 25 heavy (non-hydrogen) atoms. The number of thioether (sulfide) groups is 1. The van der Waals surface area contributed by atoms with Crippen LogP contribution in [0.25, 0.3) is 11.1 Å². The molecule has 0 bridgehead atoms. The second-order valence-electron chi connectivity index (χ2n) is 4.81. The van der Waals surface area contributed by atoms with Crippen LogP contribution in [0.4, 0.5) is 27.5 Å². The summed E-state index contributed by atoms with van der Waals surface area (Å²) < 4.78 is 4.20. The molecule has 8 nitrogen and oxygen atoms in total. The van der Waals surface area contributed by atoms with E-state index < -0.39 is 6.09 Å². The Morgan fingerprint density at radius 1 is 0.920 bits per heavy atom. The van der Waals surface area contributed by atoms with E-state index in [1.807, 2.05) is 24.3 Å². The van der Waals surface area contributed by atoms with Crippen molar-refractivity contribution in [1.82, 2.24) is 0 Å². The molecule has 0 aliphatic heterocycles. The monoisotopic (exact) mass is 362 g/mol. The molecule has 2 aromatic rings. The highest BCUT2D eigenvalue weighted by Crippen LogP contribution is 2.28. The molecule has 0 atom stereocenters. The lowest BCUT2D eigenvalue weighted by Crippen LogP contribution is -2.08. The quantitative estimate of drug-likeness (QED) is 0.292. The predicted octanol–water partition coefficient (Wildman–Crippen LogP) is 2.11. The number of hydrogen-bond donors (Lipinski definition) is 5. The number of carbonyl (C=O) groups excluding carboxylic acids is 1. The fraction of sp³-hybridized carbons (Fsp3) is 0.125. The summed E-state index contributed by atoms with van der Waals surface area (Å²) in [5.74, 6) is 0. The third-order valence-corrected chi connectivity index (χ3v) is 3.60. The van der Waals surface area contributed by atoms with Gasteiger partial charge in [-0.2, -0.15) is 4.99 Å². The maximum Gasteiger partial charge on any atom is 0.435 e. The molecule has 1 amide bonds. The lowest BCUT2D eigenvalue weighted by Gasteiger charge is -2.07. The maximum atomic E-state index is 10.3. The lowest BCUT2D eigenvalue weighted by molar-refractivity contribution is 0.182. The summed E-state index contributed by atoms with van der Waals surface area (Å²) in [6.07, 6.45) is 1.06. The molecule has 0 aliphatic carbocycles. The van der Waals surface area contributed by atoms with E-state index in [2.05, 4.69) is 9.73 Å². The molecule has 2 aromatic carbocycles. The SMILES string of the molecule is COC(=O)/N=C(/N)SC.Nc1ccc(-c2ccc(N)c(N)c2)cc1N. The van der Waals surface area contributed by atoms with Crippen LogP contribution in [0.3, 0.4) is 0 Å². The molecule has 0 saturated heterocycles. The average Bonchev–Trinajstić information content (AvgIpc) is 2.60. The predicted molar refractivity (Wildman–Crippen MR) is 107 cm³/mol. The highest BCUT2D eigenvalue weighted by molar-refractivity contribution is 8.13. The zero-order valence-electron chi connectivity index (χ0n) is 14.0. The number of amides is 1. The zero-order valence-corrected chi connectivity index (χ0v) is 14.8. The molecule has 0 aromatic heterocycles. The summed E-state index contributed by atoms with van der Waals surface area (Å²) in [7, 11) is 1.25. The van der Waals surface area contributed by atoms with Crippen LogP contribution < -0.4 is 28.7 Å². The van der Waals surface area contributed by atoms with Crippen molar-refractivity contribution in [2.45, 2.75) is 0 Å². The van der Waals surface area contributed by atoms with Gasteiger partial charge in [-0.1, -0.05) is 23.9 Å². The number of nitrogens with two attached hydrogens (primary N) is 5. The number of nitrogens with zero attached hydrogens (tertiary/aromatic N) is 1. The van der Waals surface area contributed by atoms with Gasteiger partial charge in [-0.15, -0.1) is 0 Å². The Bertz CT molecular complexity index is 730. The van der Waals surface area contributed by atoms with E-state index in [4.69, 9.17) is 28.7 Å². The molecule has 0 spiro atoms. The number of ether oxygens (including phenoxy) is 1. The Hall–Kier alpha value is -3.07. The molecule has 134 valence electrons.